The van der Waals surface area contributed by atoms with E-state index in [-0.39, 0.29) is 24.0 Å². The van der Waals surface area contributed by atoms with Gasteiger partial charge in [0.15, 0.2) is 5.96 Å². The lowest BCUT2D eigenvalue weighted by molar-refractivity contribution is 0.295. The molecule has 2 N–H and O–H groups in total. The van der Waals surface area contributed by atoms with Crippen LogP contribution in [0.15, 0.2) is 29.3 Å². The van der Waals surface area contributed by atoms with E-state index < -0.39 is 0 Å². The van der Waals surface area contributed by atoms with Crippen molar-refractivity contribution in [3.63, 3.8) is 0 Å². The van der Waals surface area contributed by atoms with Gasteiger partial charge in [-0.25, -0.2) is 4.99 Å². The molecule has 0 saturated heterocycles. The zero-order valence-electron chi connectivity index (χ0n) is 15.9. The van der Waals surface area contributed by atoms with E-state index in [1.165, 1.54) is 11.1 Å². The van der Waals surface area contributed by atoms with Crippen molar-refractivity contribution in [2.75, 3.05) is 26.2 Å². The largest absolute Gasteiger partial charge is 0.357 e. The first kappa shape index (κ1) is 23.2. The van der Waals surface area contributed by atoms with E-state index in [0.717, 1.165) is 38.7 Å². The maximum absolute atomic E-state index is 4.75. The van der Waals surface area contributed by atoms with Gasteiger partial charge >= 0.3 is 0 Å². The van der Waals surface area contributed by atoms with Crippen LogP contribution in [-0.2, 0) is 13.1 Å². The molecule has 1 rings (SSSR count). The molecule has 5 heteroatoms. The van der Waals surface area contributed by atoms with Crippen molar-refractivity contribution in [3.8, 4) is 0 Å². The first-order valence-electron chi connectivity index (χ1n) is 8.91. The lowest BCUT2D eigenvalue weighted by Gasteiger charge is -2.20. The molecule has 1 aromatic carbocycles. The minimum atomic E-state index is 0. The van der Waals surface area contributed by atoms with Crippen molar-refractivity contribution < 1.29 is 0 Å². The number of guanidine groups is 1. The maximum Gasteiger partial charge on any atom is 0.191 e. The zero-order valence-corrected chi connectivity index (χ0v) is 18.3. The Balaban J connectivity index is 0.00000529. The molecule has 1 aromatic rings. The van der Waals surface area contributed by atoms with Gasteiger partial charge in [-0.05, 0) is 37.1 Å². The summed E-state index contributed by atoms with van der Waals surface area (Å²) in [7, 11) is 0. The number of nitrogens with zero attached hydrogens (tertiary/aromatic N) is 2. The second-order valence-electron chi connectivity index (χ2n) is 6.20. The van der Waals surface area contributed by atoms with Gasteiger partial charge in [0.1, 0.15) is 0 Å². The van der Waals surface area contributed by atoms with Crippen LogP contribution in [0.1, 0.15) is 45.7 Å². The van der Waals surface area contributed by atoms with Crippen LogP contribution < -0.4 is 10.6 Å². The van der Waals surface area contributed by atoms with Crippen LogP contribution in [0.4, 0.5) is 0 Å². The first-order valence-corrected chi connectivity index (χ1v) is 8.91. The van der Waals surface area contributed by atoms with Gasteiger partial charge in [0, 0.05) is 19.6 Å². The van der Waals surface area contributed by atoms with E-state index in [1.807, 2.05) is 0 Å². The van der Waals surface area contributed by atoms with Crippen molar-refractivity contribution in [1.29, 1.82) is 0 Å². The summed E-state index contributed by atoms with van der Waals surface area (Å²) in [5, 5.41) is 6.72. The Morgan fingerprint density at radius 3 is 2.21 bits per heavy atom. The first-order chi connectivity index (χ1) is 11.1. The molecule has 24 heavy (non-hydrogen) atoms. The van der Waals surface area contributed by atoms with Crippen LogP contribution in [-0.4, -0.2) is 37.0 Å². The van der Waals surface area contributed by atoms with Gasteiger partial charge in [-0.15, -0.1) is 24.0 Å². The van der Waals surface area contributed by atoms with Crippen molar-refractivity contribution >= 4 is 29.9 Å². The second kappa shape index (κ2) is 13.5. The fourth-order valence-corrected chi connectivity index (χ4v) is 2.36. The van der Waals surface area contributed by atoms with Crippen molar-refractivity contribution in [2.24, 2.45) is 10.9 Å². The maximum atomic E-state index is 4.75. The summed E-state index contributed by atoms with van der Waals surface area (Å²) in [5.74, 6) is 1.51. The highest BCUT2D eigenvalue weighted by molar-refractivity contribution is 14.0. The molecular formula is C19H35IN4. The van der Waals surface area contributed by atoms with E-state index in [0.29, 0.717) is 12.5 Å². The quantitative estimate of drug-likeness (QED) is 0.344. The third kappa shape index (κ3) is 8.87. The number of rotatable bonds is 9. The molecular weight excluding hydrogens is 411 g/mol. The predicted octanol–water partition coefficient (Wildman–Crippen LogP) is 3.86. The Morgan fingerprint density at radius 1 is 1.04 bits per heavy atom. The molecule has 0 unspecified atom stereocenters. The van der Waals surface area contributed by atoms with E-state index in [4.69, 9.17) is 4.99 Å². The monoisotopic (exact) mass is 446 g/mol. The van der Waals surface area contributed by atoms with E-state index in [1.54, 1.807) is 0 Å². The van der Waals surface area contributed by atoms with Crippen molar-refractivity contribution in [1.82, 2.24) is 15.5 Å². The smallest absolute Gasteiger partial charge is 0.191 e. The standard InChI is InChI=1S/C19H34N4.HI/c1-6-20-19(21-13-16(4)5)22-14-17-11-9-10-12-18(17)15-23(7-2)8-3;/h9-12,16H,6-8,13-15H2,1-5H3,(H2,20,21,22);1H. The summed E-state index contributed by atoms with van der Waals surface area (Å²) >= 11 is 0. The summed E-state index contributed by atoms with van der Waals surface area (Å²) in [5.41, 5.74) is 2.68. The Bertz CT molecular complexity index is 470. The Hall–Kier alpha value is -0.820. The van der Waals surface area contributed by atoms with Crippen LogP contribution in [0.2, 0.25) is 0 Å². The molecule has 0 radical (unpaired) electrons. The molecule has 4 nitrogen and oxygen atoms in total. The van der Waals surface area contributed by atoms with Crippen molar-refractivity contribution in [2.45, 2.75) is 47.7 Å². The third-order valence-electron chi connectivity index (χ3n) is 3.84. The van der Waals surface area contributed by atoms with Crippen molar-refractivity contribution in [3.05, 3.63) is 35.4 Å². The molecule has 0 heterocycles. The second-order valence-corrected chi connectivity index (χ2v) is 6.20. The third-order valence-corrected chi connectivity index (χ3v) is 3.84. The van der Waals surface area contributed by atoms with E-state index in [2.05, 4.69) is 74.4 Å². The molecule has 0 spiro atoms. The molecule has 0 fully saturated rings. The van der Waals surface area contributed by atoms with Crippen LogP contribution in [0.3, 0.4) is 0 Å². The van der Waals surface area contributed by atoms with Gasteiger partial charge in [0.05, 0.1) is 6.54 Å². The minimum absolute atomic E-state index is 0. The molecule has 0 atom stereocenters. The van der Waals surface area contributed by atoms with Crippen LogP contribution in [0, 0.1) is 5.92 Å². The number of halogens is 1. The number of hydrogen-bond donors (Lipinski definition) is 2. The molecule has 138 valence electrons. The highest BCUT2D eigenvalue weighted by Crippen LogP contribution is 2.13. The number of aliphatic imine (C=N–C) groups is 1. The van der Waals surface area contributed by atoms with Gasteiger partial charge in [0.2, 0.25) is 0 Å². The predicted molar refractivity (Wildman–Crippen MR) is 116 cm³/mol. The average molecular weight is 446 g/mol. The Kier molecular flexibility index (Phi) is 13.0. The van der Waals surface area contributed by atoms with E-state index >= 15 is 0 Å². The fourth-order valence-electron chi connectivity index (χ4n) is 2.36. The zero-order chi connectivity index (χ0) is 17.1. The SMILES string of the molecule is CCNC(=NCc1ccccc1CN(CC)CC)NCC(C)C.I. The lowest BCUT2D eigenvalue weighted by Crippen LogP contribution is -2.39. The molecule has 0 amide bonds. The molecule has 0 aliphatic carbocycles. The van der Waals surface area contributed by atoms with Crippen LogP contribution in [0.5, 0.6) is 0 Å². The van der Waals surface area contributed by atoms with Crippen LogP contribution in [0.25, 0.3) is 0 Å². The van der Waals surface area contributed by atoms with E-state index in [9.17, 15) is 0 Å². The summed E-state index contributed by atoms with van der Waals surface area (Å²) in [6.45, 7) is 16.6. The molecule has 0 aliphatic heterocycles. The molecule has 0 aliphatic rings. The van der Waals surface area contributed by atoms with Gasteiger partial charge in [-0.2, -0.15) is 0 Å². The molecule has 0 bridgehead atoms. The number of benzene rings is 1. The van der Waals surface area contributed by atoms with Gasteiger partial charge in [0.25, 0.3) is 0 Å². The minimum Gasteiger partial charge on any atom is -0.357 e. The summed E-state index contributed by atoms with van der Waals surface area (Å²) < 4.78 is 0. The summed E-state index contributed by atoms with van der Waals surface area (Å²) in [6.07, 6.45) is 0. The normalized spacial score (nSPS) is 11.5. The highest BCUT2D eigenvalue weighted by atomic mass is 127. The van der Waals surface area contributed by atoms with Gasteiger partial charge in [-0.3, -0.25) is 4.90 Å². The highest BCUT2D eigenvalue weighted by Gasteiger charge is 2.06. The van der Waals surface area contributed by atoms with Gasteiger partial charge in [-0.1, -0.05) is 52.0 Å². The Labute approximate surface area is 165 Å². The summed E-state index contributed by atoms with van der Waals surface area (Å²) in [4.78, 5) is 7.19. The number of nitrogens with one attached hydrogen (secondary N) is 2. The average Bonchev–Trinajstić information content (AvgIpc) is 2.56. The topological polar surface area (TPSA) is 39.7 Å². The number of hydrogen-bond acceptors (Lipinski definition) is 2. The molecule has 0 aromatic heterocycles. The van der Waals surface area contributed by atoms with Gasteiger partial charge < -0.3 is 10.6 Å². The van der Waals surface area contributed by atoms with Crippen LogP contribution >= 0.6 is 24.0 Å². The lowest BCUT2D eigenvalue weighted by atomic mass is 10.1. The summed E-state index contributed by atoms with van der Waals surface area (Å²) in [6, 6.07) is 8.63. The Morgan fingerprint density at radius 2 is 1.67 bits per heavy atom. The fraction of sp³-hybridized carbons (Fsp3) is 0.632. The molecule has 0 saturated carbocycles.